The summed E-state index contributed by atoms with van der Waals surface area (Å²) in [6.07, 6.45) is 2.28. The lowest BCUT2D eigenvalue weighted by atomic mass is 10.1. The fourth-order valence-corrected chi connectivity index (χ4v) is 2.24. The van der Waals surface area contributed by atoms with E-state index in [1.165, 1.54) is 12.1 Å². The number of nitrogens with zero attached hydrogens (tertiary/aromatic N) is 2. The van der Waals surface area contributed by atoms with E-state index in [4.69, 9.17) is 34.2 Å². The van der Waals surface area contributed by atoms with Crippen molar-refractivity contribution in [2.45, 2.75) is 25.3 Å². The minimum atomic E-state index is -0.150. The predicted octanol–water partition coefficient (Wildman–Crippen LogP) is 3.09. The van der Waals surface area contributed by atoms with Gasteiger partial charge in [-0.1, -0.05) is 23.2 Å². The number of halogens is 2. The first kappa shape index (κ1) is 14.0. The summed E-state index contributed by atoms with van der Waals surface area (Å²) in [4.78, 5) is 14.1. The molecule has 0 bridgehead atoms. The molecule has 0 spiro atoms. The van der Waals surface area contributed by atoms with Crippen LogP contribution in [-0.2, 0) is 0 Å². The third kappa shape index (κ3) is 3.12. The molecule has 0 unspecified atom stereocenters. The third-order valence-corrected chi connectivity index (χ3v) is 3.83. The van der Waals surface area contributed by atoms with E-state index in [1.807, 2.05) is 0 Å². The van der Waals surface area contributed by atoms with Crippen LogP contribution in [-0.4, -0.2) is 23.4 Å². The molecule has 1 aromatic rings. The van der Waals surface area contributed by atoms with Gasteiger partial charge in [0.2, 0.25) is 0 Å². The lowest BCUT2D eigenvalue weighted by molar-refractivity contribution is 0.0747. The van der Waals surface area contributed by atoms with E-state index in [-0.39, 0.29) is 27.7 Å². The average molecular weight is 298 g/mol. The molecule has 1 aliphatic rings. The van der Waals surface area contributed by atoms with Gasteiger partial charge in [-0.05, 0) is 25.0 Å². The molecule has 0 heterocycles. The van der Waals surface area contributed by atoms with Crippen molar-refractivity contribution in [1.82, 2.24) is 4.90 Å². The van der Waals surface area contributed by atoms with Gasteiger partial charge in [-0.2, -0.15) is 5.26 Å². The summed E-state index contributed by atoms with van der Waals surface area (Å²) in [6.45, 7) is 0.431. The van der Waals surface area contributed by atoms with Gasteiger partial charge < -0.3 is 10.6 Å². The molecule has 6 heteroatoms. The Balaban J connectivity index is 2.24. The summed E-state index contributed by atoms with van der Waals surface area (Å²) in [6, 6.07) is 5.33. The number of hydrogen-bond donors (Lipinski definition) is 1. The number of nitrogen functional groups attached to an aromatic ring is 1. The Bertz CT molecular complexity index is 526. The Labute approximate surface area is 121 Å². The molecule has 0 saturated heterocycles. The van der Waals surface area contributed by atoms with Gasteiger partial charge in [0, 0.05) is 18.2 Å². The first-order valence-corrected chi connectivity index (χ1v) is 6.72. The van der Waals surface area contributed by atoms with E-state index in [0.717, 1.165) is 12.8 Å². The molecule has 1 aliphatic carbocycles. The van der Waals surface area contributed by atoms with Crippen molar-refractivity contribution in [1.29, 1.82) is 5.26 Å². The maximum atomic E-state index is 12.4. The summed E-state index contributed by atoms with van der Waals surface area (Å²) >= 11 is 11.8. The van der Waals surface area contributed by atoms with Gasteiger partial charge in [-0.15, -0.1) is 0 Å². The normalized spacial score (nSPS) is 13.9. The maximum Gasteiger partial charge on any atom is 0.254 e. The summed E-state index contributed by atoms with van der Waals surface area (Å²) in [5.74, 6) is -0.150. The summed E-state index contributed by atoms with van der Waals surface area (Å²) in [7, 11) is 0. The highest BCUT2D eigenvalue weighted by atomic mass is 35.5. The first-order chi connectivity index (χ1) is 9.04. The predicted molar refractivity (Wildman–Crippen MR) is 75.2 cm³/mol. The van der Waals surface area contributed by atoms with Crippen LogP contribution >= 0.6 is 23.2 Å². The largest absolute Gasteiger partial charge is 0.397 e. The number of amides is 1. The van der Waals surface area contributed by atoms with Gasteiger partial charge in [0.25, 0.3) is 5.91 Å². The number of benzene rings is 1. The van der Waals surface area contributed by atoms with Crippen LogP contribution in [0.1, 0.15) is 29.6 Å². The molecule has 0 aromatic heterocycles. The molecular weight excluding hydrogens is 285 g/mol. The smallest absolute Gasteiger partial charge is 0.254 e. The van der Waals surface area contributed by atoms with E-state index in [1.54, 1.807) is 4.90 Å². The lowest BCUT2D eigenvalue weighted by Gasteiger charge is -2.21. The van der Waals surface area contributed by atoms with Crippen LogP contribution in [0.25, 0.3) is 0 Å². The number of nitriles is 1. The lowest BCUT2D eigenvalue weighted by Crippen LogP contribution is -2.34. The molecule has 1 fully saturated rings. The van der Waals surface area contributed by atoms with Gasteiger partial charge in [0.05, 0.1) is 28.2 Å². The van der Waals surface area contributed by atoms with Crippen LogP contribution < -0.4 is 5.73 Å². The Kier molecular flexibility index (Phi) is 4.18. The quantitative estimate of drug-likeness (QED) is 0.868. The molecule has 0 radical (unpaired) electrons. The standard InChI is InChI=1S/C13H13Cl2N3O/c14-10-6-8(7-11(17)12(10)15)13(19)18(5-1-4-16)9-2-3-9/h6-7,9H,1-3,5,17H2. The van der Waals surface area contributed by atoms with Crippen LogP contribution in [0, 0.1) is 11.3 Å². The second-order valence-corrected chi connectivity index (χ2v) is 5.28. The molecule has 1 saturated carbocycles. The molecule has 2 N–H and O–H groups in total. The van der Waals surface area contributed by atoms with Crippen LogP contribution in [0.2, 0.25) is 10.0 Å². The second-order valence-electron chi connectivity index (χ2n) is 4.50. The van der Waals surface area contributed by atoms with E-state index in [2.05, 4.69) is 6.07 Å². The van der Waals surface area contributed by atoms with E-state index in [0.29, 0.717) is 18.5 Å². The van der Waals surface area contributed by atoms with Crippen molar-refractivity contribution in [2.24, 2.45) is 0 Å². The highest BCUT2D eigenvalue weighted by Gasteiger charge is 2.33. The monoisotopic (exact) mass is 297 g/mol. The Morgan fingerprint density at radius 1 is 1.47 bits per heavy atom. The van der Waals surface area contributed by atoms with Gasteiger partial charge in [-0.25, -0.2) is 0 Å². The van der Waals surface area contributed by atoms with Crippen LogP contribution in [0.5, 0.6) is 0 Å². The molecule has 2 rings (SSSR count). The molecule has 1 aromatic carbocycles. The van der Waals surface area contributed by atoms with Gasteiger partial charge in [-0.3, -0.25) is 4.79 Å². The Hall–Kier alpha value is -1.44. The number of nitrogens with two attached hydrogens (primary N) is 1. The summed E-state index contributed by atoms with van der Waals surface area (Å²) in [5.41, 5.74) is 6.41. The summed E-state index contributed by atoms with van der Waals surface area (Å²) < 4.78 is 0. The van der Waals surface area contributed by atoms with Crippen molar-refractivity contribution in [3.8, 4) is 6.07 Å². The molecule has 4 nitrogen and oxygen atoms in total. The third-order valence-electron chi connectivity index (χ3n) is 3.02. The average Bonchev–Trinajstić information content (AvgIpc) is 3.20. The number of carbonyl (C=O) groups is 1. The van der Waals surface area contributed by atoms with Crippen LogP contribution in [0.4, 0.5) is 5.69 Å². The minimum absolute atomic E-state index is 0.150. The molecular formula is C13H13Cl2N3O. The molecule has 19 heavy (non-hydrogen) atoms. The summed E-state index contributed by atoms with van der Waals surface area (Å²) in [5, 5.41) is 9.17. The zero-order valence-electron chi connectivity index (χ0n) is 10.2. The van der Waals surface area contributed by atoms with Crippen molar-refractivity contribution < 1.29 is 4.79 Å². The molecule has 0 aliphatic heterocycles. The molecule has 1 amide bonds. The van der Waals surface area contributed by atoms with E-state index in [9.17, 15) is 4.79 Å². The first-order valence-electron chi connectivity index (χ1n) is 5.97. The molecule has 100 valence electrons. The fraction of sp³-hybridized carbons (Fsp3) is 0.385. The van der Waals surface area contributed by atoms with Crippen molar-refractivity contribution >= 4 is 34.8 Å². The Morgan fingerprint density at radius 3 is 2.68 bits per heavy atom. The number of carbonyl (C=O) groups excluding carboxylic acids is 1. The number of hydrogen-bond acceptors (Lipinski definition) is 3. The van der Waals surface area contributed by atoms with Crippen molar-refractivity contribution in [3.63, 3.8) is 0 Å². The minimum Gasteiger partial charge on any atom is -0.397 e. The van der Waals surface area contributed by atoms with Crippen LogP contribution in [0.3, 0.4) is 0 Å². The SMILES string of the molecule is N#CCCN(C(=O)c1cc(N)c(Cl)c(Cl)c1)C1CC1. The fourth-order valence-electron chi connectivity index (χ4n) is 1.91. The van der Waals surface area contributed by atoms with Crippen molar-refractivity contribution in [3.05, 3.63) is 27.7 Å². The van der Waals surface area contributed by atoms with Gasteiger partial charge in [0.15, 0.2) is 0 Å². The van der Waals surface area contributed by atoms with Gasteiger partial charge in [0.1, 0.15) is 0 Å². The van der Waals surface area contributed by atoms with Crippen molar-refractivity contribution in [2.75, 3.05) is 12.3 Å². The number of anilines is 1. The maximum absolute atomic E-state index is 12.4. The zero-order chi connectivity index (χ0) is 14.0. The highest BCUT2D eigenvalue weighted by Crippen LogP contribution is 2.32. The van der Waals surface area contributed by atoms with Gasteiger partial charge >= 0.3 is 0 Å². The zero-order valence-corrected chi connectivity index (χ0v) is 11.7. The van der Waals surface area contributed by atoms with E-state index < -0.39 is 0 Å². The van der Waals surface area contributed by atoms with Crippen LogP contribution in [0.15, 0.2) is 12.1 Å². The highest BCUT2D eigenvalue weighted by molar-refractivity contribution is 6.43. The number of rotatable bonds is 4. The van der Waals surface area contributed by atoms with E-state index >= 15 is 0 Å². The molecule has 0 atom stereocenters. The Morgan fingerprint density at radius 2 is 2.16 bits per heavy atom. The second kappa shape index (κ2) is 5.68. The topological polar surface area (TPSA) is 70.1 Å².